The molecule has 1 heterocycles. The molecule has 0 aliphatic rings. The Kier molecular flexibility index (Phi) is 7.33. The number of nitrogens with zero attached hydrogens (tertiary/aromatic N) is 3. The molecule has 2 aromatic rings. The molecular weight excluding hydrogens is 348 g/mol. The first-order valence-electron chi connectivity index (χ1n) is 9.44. The Morgan fingerprint density at radius 3 is 2.52 bits per heavy atom. The Morgan fingerprint density at radius 1 is 1.19 bits per heavy atom. The first-order chi connectivity index (χ1) is 12.9. The fourth-order valence-electron chi connectivity index (χ4n) is 3.12. The predicted molar refractivity (Wildman–Crippen MR) is 105 cm³/mol. The zero-order chi connectivity index (χ0) is 20.0. The molecule has 0 aliphatic carbocycles. The highest BCUT2D eigenvalue weighted by Gasteiger charge is 2.14. The molecule has 2 N–H and O–H groups in total. The second-order valence-corrected chi connectivity index (χ2v) is 6.44. The van der Waals surface area contributed by atoms with Crippen LogP contribution in [0.3, 0.4) is 0 Å². The van der Waals surface area contributed by atoms with Crippen molar-refractivity contribution in [2.75, 3.05) is 6.54 Å². The smallest absolute Gasteiger partial charge is 0.192 e. The van der Waals surface area contributed by atoms with E-state index in [2.05, 4.69) is 29.6 Å². The van der Waals surface area contributed by atoms with Crippen molar-refractivity contribution in [1.29, 1.82) is 0 Å². The van der Waals surface area contributed by atoms with Gasteiger partial charge in [-0.1, -0.05) is 19.9 Å². The predicted octanol–water partition coefficient (Wildman–Crippen LogP) is 3.64. The number of aryl methyl sites for hydroxylation is 2. The quantitative estimate of drug-likeness (QED) is 0.572. The molecule has 27 heavy (non-hydrogen) atoms. The van der Waals surface area contributed by atoms with E-state index in [1.807, 2.05) is 25.6 Å². The number of guanidine groups is 1. The lowest BCUT2D eigenvalue weighted by Crippen LogP contribution is -2.38. The highest BCUT2D eigenvalue weighted by Crippen LogP contribution is 2.18. The zero-order valence-electron chi connectivity index (χ0n) is 16.7. The highest BCUT2D eigenvalue weighted by molar-refractivity contribution is 5.80. The number of rotatable bonds is 7. The first kappa shape index (κ1) is 20.9. The Hall–Kier alpha value is -2.44. The van der Waals surface area contributed by atoms with Crippen molar-refractivity contribution >= 4 is 5.96 Å². The number of aliphatic imine (C=N–C) groups is 1. The SMILES string of the molecule is CCNC(=NCc1c(CC)nn(C)c1CC)NC(C)c1ccc(F)c(F)c1. The van der Waals surface area contributed by atoms with Crippen molar-refractivity contribution in [3.05, 3.63) is 52.3 Å². The Balaban J connectivity index is 2.20. The summed E-state index contributed by atoms with van der Waals surface area (Å²) in [5, 5.41) is 11.0. The average Bonchev–Trinajstić information content (AvgIpc) is 2.96. The molecule has 1 unspecified atom stereocenters. The van der Waals surface area contributed by atoms with E-state index in [4.69, 9.17) is 4.99 Å². The molecule has 1 aromatic heterocycles. The van der Waals surface area contributed by atoms with Crippen LogP contribution in [0.5, 0.6) is 0 Å². The maximum atomic E-state index is 13.5. The standard InChI is InChI=1S/C20H29F2N5/c1-6-18-15(19(7-2)27(5)26-18)12-24-20(23-8-3)25-13(4)14-9-10-16(21)17(22)11-14/h9-11,13H,6-8,12H2,1-5H3,(H2,23,24,25). The van der Waals surface area contributed by atoms with Gasteiger partial charge in [0, 0.05) is 24.8 Å². The number of hydrogen-bond donors (Lipinski definition) is 2. The topological polar surface area (TPSA) is 54.2 Å². The second kappa shape index (κ2) is 9.48. The molecule has 0 radical (unpaired) electrons. The monoisotopic (exact) mass is 377 g/mol. The van der Waals surface area contributed by atoms with E-state index in [-0.39, 0.29) is 6.04 Å². The fraction of sp³-hybridized carbons (Fsp3) is 0.500. The molecule has 2 rings (SSSR count). The fourth-order valence-corrected chi connectivity index (χ4v) is 3.12. The van der Waals surface area contributed by atoms with Gasteiger partial charge in [0.05, 0.1) is 18.3 Å². The van der Waals surface area contributed by atoms with Gasteiger partial charge in [0.1, 0.15) is 0 Å². The van der Waals surface area contributed by atoms with E-state index in [1.54, 1.807) is 6.07 Å². The third-order valence-electron chi connectivity index (χ3n) is 4.56. The van der Waals surface area contributed by atoms with Crippen LogP contribution in [0.15, 0.2) is 23.2 Å². The van der Waals surface area contributed by atoms with Crippen LogP contribution in [-0.4, -0.2) is 22.3 Å². The van der Waals surface area contributed by atoms with Crippen LogP contribution < -0.4 is 10.6 Å². The third-order valence-corrected chi connectivity index (χ3v) is 4.56. The molecule has 0 saturated heterocycles. The molecule has 5 nitrogen and oxygen atoms in total. The van der Waals surface area contributed by atoms with Crippen LogP contribution >= 0.6 is 0 Å². The van der Waals surface area contributed by atoms with E-state index < -0.39 is 11.6 Å². The van der Waals surface area contributed by atoms with E-state index in [0.29, 0.717) is 24.6 Å². The Labute approximate surface area is 159 Å². The van der Waals surface area contributed by atoms with Crippen molar-refractivity contribution in [2.45, 2.75) is 53.1 Å². The van der Waals surface area contributed by atoms with Gasteiger partial charge in [-0.25, -0.2) is 13.8 Å². The maximum absolute atomic E-state index is 13.5. The Bertz CT molecular complexity index is 798. The van der Waals surface area contributed by atoms with E-state index >= 15 is 0 Å². The normalized spacial score (nSPS) is 12.9. The molecule has 148 valence electrons. The molecule has 0 aliphatic heterocycles. The van der Waals surface area contributed by atoms with Crippen LogP contribution in [0.2, 0.25) is 0 Å². The summed E-state index contributed by atoms with van der Waals surface area (Å²) >= 11 is 0. The maximum Gasteiger partial charge on any atom is 0.192 e. The number of aromatic nitrogens is 2. The van der Waals surface area contributed by atoms with Gasteiger partial charge in [0.2, 0.25) is 0 Å². The van der Waals surface area contributed by atoms with Crippen molar-refractivity contribution < 1.29 is 8.78 Å². The first-order valence-corrected chi connectivity index (χ1v) is 9.44. The van der Waals surface area contributed by atoms with Gasteiger partial charge in [0.15, 0.2) is 17.6 Å². The summed E-state index contributed by atoms with van der Waals surface area (Å²) < 4.78 is 28.6. The molecule has 0 amide bonds. The molecule has 0 bridgehead atoms. The molecule has 0 fully saturated rings. The van der Waals surface area contributed by atoms with Gasteiger partial charge in [-0.15, -0.1) is 0 Å². The van der Waals surface area contributed by atoms with E-state index in [1.165, 1.54) is 11.8 Å². The van der Waals surface area contributed by atoms with Gasteiger partial charge in [-0.05, 0) is 44.4 Å². The van der Waals surface area contributed by atoms with Crippen LogP contribution in [0.4, 0.5) is 8.78 Å². The van der Waals surface area contributed by atoms with Crippen LogP contribution in [0.1, 0.15) is 56.3 Å². The van der Waals surface area contributed by atoms with Gasteiger partial charge in [-0.2, -0.15) is 5.10 Å². The van der Waals surface area contributed by atoms with E-state index in [0.717, 1.165) is 30.2 Å². The summed E-state index contributed by atoms with van der Waals surface area (Å²) in [4.78, 5) is 4.69. The Morgan fingerprint density at radius 2 is 1.93 bits per heavy atom. The molecule has 0 spiro atoms. The molecule has 1 aromatic carbocycles. The molecule has 0 saturated carbocycles. The van der Waals surface area contributed by atoms with Crippen molar-refractivity contribution in [3.63, 3.8) is 0 Å². The summed E-state index contributed by atoms with van der Waals surface area (Å²) in [5.74, 6) is -1.07. The van der Waals surface area contributed by atoms with Crippen molar-refractivity contribution in [1.82, 2.24) is 20.4 Å². The van der Waals surface area contributed by atoms with E-state index in [9.17, 15) is 8.78 Å². The van der Waals surface area contributed by atoms with Crippen molar-refractivity contribution in [2.24, 2.45) is 12.0 Å². The van der Waals surface area contributed by atoms with Gasteiger partial charge >= 0.3 is 0 Å². The second-order valence-electron chi connectivity index (χ2n) is 6.44. The highest BCUT2D eigenvalue weighted by atomic mass is 19.2. The number of hydrogen-bond acceptors (Lipinski definition) is 2. The lowest BCUT2D eigenvalue weighted by atomic mass is 10.1. The summed E-state index contributed by atoms with van der Waals surface area (Å²) in [6.45, 7) is 9.28. The minimum Gasteiger partial charge on any atom is -0.357 e. The number of halogens is 2. The minimum absolute atomic E-state index is 0.219. The summed E-state index contributed by atoms with van der Waals surface area (Å²) in [5.41, 5.74) is 4.05. The minimum atomic E-state index is -0.848. The molecular formula is C20H29F2N5. The summed E-state index contributed by atoms with van der Waals surface area (Å²) in [6.07, 6.45) is 1.75. The summed E-state index contributed by atoms with van der Waals surface area (Å²) in [6, 6.07) is 3.71. The number of nitrogens with one attached hydrogen (secondary N) is 2. The lowest BCUT2D eigenvalue weighted by molar-refractivity contribution is 0.504. The number of benzene rings is 1. The van der Waals surface area contributed by atoms with Crippen LogP contribution in [0, 0.1) is 11.6 Å². The molecule has 7 heteroatoms. The van der Waals surface area contributed by atoms with Gasteiger partial charge in [-0.3, -0.25) is 4.68 Å². The van der Waals surface area contributed by atoms with Crippen LogP contribution in [0.25, 0.3) is 0 Å². The zero-order valence-corrected chi connectivity index (χ0v) is 16.7. The van der Waals surface area contributed by atoms with Crippen molar-refractivity contribution in [3.8, 4) is 0 Å². The van der Waals surface area contributed by atoms with Gasteiger partial charge in [0.25, 0.3) is 0 Å². The largest absolute Gasteiger partial charge is 0.357 e. The van der Waals surface area contributed by atoms with Gasteiger partial charge < -0.3 is 10.6 Å². The third kappa shape index (κ3) is 5.05. The lowest BCUT2D eigenvalue weighted by Gasteiger charge is -2.18. The average molecular weight is 377 g/mol. The molecule has 1 atom stereocenters. The summed E-state index contributed by atoms with van der Waals surface area (Å²) in [7, 11) is 1.96. The van der Waals surface area contributed by atoms with Crippen LogP contribution in [-0.2, 0) is 26.4 Å².